The molecule has 1 N–H and O–H groups in total. The summed E-state index contributed by atoms with van der Waals surface area (Å²) in [5.41, 5.74) is -0.796. The summed E-state index contributed by atoms with van der Waals surface area (Å²) < 4.78 is 1.17. The predicted octanol–water partition coefficient (Wildman–Crippen LogP) is -0.894. The van der Waals surface area contributed by atoms with Crippen molar-refractivity contribution in [3.63, 3.8) is 0 Å². The van der Waals surface area contributed by atoms with E-state index in [9.17, 15) is 4.79 Å². The summed E-state index contributed by atoms with van der Waals surface area (Å²) in [5, 5.41) is 14.4. The predicted molar refractivity (Wildman–Crippen MR) is 40.6 cm³/mol. The van der Waals surface area contributed by atoms with Crippen LogP contribution in [0.4, 0.5) is 0 Å². The standard InChI is InChI=1S/C5H4N3O2S/c1-8-3(2-11)6-4(9)5(10)7-8/h1H3,(H,7,10). The fourth-order valence-corrected chi connectivity index (χ4v) is 0.717. The number of aromatic hydroxyl groups is 1. The molecule has 6 heteroatoms. The molecule has 0 unspecified atom stereocenters. The monoisotopic (exact) mass is 170 g/mol. The second-order valence-corrected chi connectivity index (χ2v) is 1.99. The normalized spacial score (nSPS) is 9.55. The summed E-state index contributed by atoms with van der Waals surface area (Å²) in [6.45, 7) is 0. The quantitative estimate of drug-likeness (QED) is 0.553. The van der Waals surface area contributed by atoms with Crippen LogP contribution in [0.5, 0.6) is 5.88 Å². The van der Waals surface area contributed by atoms with Crippen molar-refractivity contribution in [2.24, 2.45) is 7.05 Å². The van der Waals surface area contributed by atoms with E-state index < -0.39 is 11.4 Å². The molecule has 0 aromatic carbocycles. The van der Waals surface area contributed by atoms with Crippen LogP contribution in [0.3, 0.4) is 0 Å². The third-order valence-corrected chi connectivity index (χ3v) is 1.22. The zero-order valence-electron chi connectivity index (χ0n) is 5.61. The lowest BCUT2D eigenvalue weighted by molar-refractivity contribution is 0.419. The first-order chi connectivity index (χ1) is 5.15. The first-order valence-corrected chi connectivity index (χ1v) is 3.08. The van der Waals surface area contributed by atoms with Crippen LogP contribution in [-0.2, 0) is 7.05 Å². The van der Waals surface area contributed by atoms with Gasteiger partial charge in [-0.15, -0.1) is 5.10 Å². The van der Waals surface area contributed by atoms with E-state index in [0.717, 1.165) is 0 Å². The lowest BCUT2D eigenvalue weighted by atomic mass is 10.6. The Labute approximate surface area is 67.3 Å². The molecule has 0 atom stereocenters. The average Bonchev–Trinajstić information content (AvgIpc) is 1.97. The highest BCUT2D eigenvalue weighted by molar-refractivity contribution is 7.79. The van der Waals surface area contributed by atoms with Gasteiger partial charge in [-0.1, -0.05) is 12.2 Å². The number of aromatic nitrogens is 3. The molecule has 0 saturated carbocycles. The van der Waals surface area contributed by atoms with Crippen molar-refractivity contribution in [3.05, 3.63) is 16.2 Å². The van der Waals surface area contributed by atoms with Crippen LogP contribution < -0.4 is 5.56 Å². The fraction of sp³-hybridized carbons (Fsp3) is 0.200. The van der Waals surface area contributed by atoms with E-state index in [-0.39, 0.29) is 5.82 Å². The van der Waals surface area contributed by atoms with Gasteiger partial charge in [0.2, 0.25) is 0 Å². The molecule has 1 radical (unpaired) electrons. The van der Waals surface area contributed by atoms with Crippen molar-refractivity contribution in [2.45, 2.75) is 0 Å². The maximum Gasteiger partial charge on any atom is 0.335 e. The van der Waals surface area contributed by atoms with E-state index in [1.165, 1.54) is 11.7 Å². The van der Waals surface area contributed by atoms with Crippen molar-refractivity contribution in [1.82, 2.24) is 14.8 Å². The molecular formula is C5H4N3O2S. The Kier molecular flexibility index (Phi) is 1.95. The third-order valence-electron chi connectivity index (χ3n) is 1.04. The van der Waals surface area contributed by atoms with E-state index in [4.69, 9.17) is 5.11 Å². The molecule has 57 valence electrons. The molecular weight excluding hydrogens is 166 g/mol. The lowest BCUT2D eigenvalue weighted by Crippen LogP contribution is -2.17. The number of rotatable bonds is 1. The van der Waals surface area contributed by atoms with Crippen LogP contribution >= 0.6 is 12.2 Å². The molecule has 1 aromatic heterocycles. The van der Waals surface area contributed by atoms with Crippen LogP contribution in [-0.4, -0.2) is 25.2 Å². The average molecular weight is 170 g/mol. The smallest absolute Gasteiger partial charge is 0.335 e. The molecule has 5 nitrogen and oxygen atoms in total. The molecule has 1 aromatic rings. The SMILES string of the molecule is Cn1nc(O)c(=O)nc1[C]=S. The minimum Gasteiger partial charge on any atom is -0.488 e. The van der Waals surface area contributed by atoms with Crippen molar-refractivity contribution in [2.75, 3.05) is 0 Å². The maximum absolute atomic E-state index is 10.6. The topological polar surface area (TPSA) is 68.0 Å². The second-order valence-electron chi connectivity index (χ2n) is 1.79. The molecule has 0 bridgehead atoms. The summed E-state index contributed by atoms with van der Waals surface area (Å²) in [6, 6.07) is 0. The van der Waals surface area contributed by atoms with E-state index in [0.29, 0.717) is 0 Å². The highest BCUT2D eigenvalue weighted by Gasteiger charge is 2.02. The first-order valence-electron chi connectivity index (χ1n) is 2.67. The minimum atomic E-state index is -0.796. The van der Waals surface area contributed by atoms with Gasteiger partial charge in [0.15, 0.2) is 5.82 Å². The van der Waals surface area contributed by atoms with Crippen molar-refractivity contribution >= 4 is 17.6 Å². The van der Waals surface area contributed by atoms with Crippen LogP contribution in [0.15, 0.2) is 4.79 Å². The second kappa shape index (κ2) is 2.75. The van der Waals surface area contributed by atoms with Gasteiger partial charge in [0, 0.05) is 7.05 Å². The maximum atomic E-state index is 10.6. The molecule has 0 aliphatic heterocycles. The molecule has 0 amide bonds. The molecule has 0 aliphatic carbocycles. The zero-order chi connectivity index (χ0) is 8.43. The minimum absolute atomic E-state index is 0.128. The summed E-state index contributed by atoms with van der Waals surface area (Å²) in [7, 11) is 1.50. The van der Waals surface area contributed by atoms with Gasteiger partial charge < -0.3 is 5.11 Å². The number of aryl methyl sites for hydroxylation is 1. The Hall–Kier alpha value is -1.30. The largest absolute Gasteiger partial charge is 0.488 e. The zero-order valence-corrected chi connectivity index (χ0v) is 6.42. The Morgan fingerprint density at radius 2 is 2.36 bits per heavy atom. The molecule has 0 aliphatic rings. The summed E-state index contributed by atoms with van der Waals surface area (Å²) in [6.07, 6.45) is 0. The highest BCUT2D eigenvalue weighted by atomic mass is 32.1. The van der Waals surface area contributed by atoms with Crippen LogP contribution in [0.2, 0.25) is 0 Å². The van der Waals surface area contributed by atoms with E-state index in [1.54, 1.807) is 0 Å². The Bertz CT molecular complexity index is 346. The third kappa shape index (κ3) is 1.40. The number of thiocarbonyl (C=S) groups is 1. The van der Waals surface area contributed by atoms with Crippen molar-refractivity contribution in [1.29, 1.82) is 0 Å². The van der Waals surface area contributed by atoms with Crippen molar-refractivity contribution < 1.29 is 5.11 Å². The van der Waals surface area contributed by atoms with E-state index >= 15 is 0 Å². The Balaban J connectivity index is 3.44. The number of hydrogen-bond acceptors (Lipinski definition) is 5. The Morgan fingerprint density at radius 1 is 1.73 bits per heavy atom. The molecule has 0 saturated heterocycles. The molecule has 11 heavy (non-hydrogen) atoms. The van der Waals surface area contributed by atoms with Gasteiger partial charge in [-0.25, -0.2) is 4.68 Å². The van der Waals surface area contributed by atoms with Crippen LogP contribution in [0, 0.1) is 0 Å². The van der Waals surface area contributed by atoms with Gasteiger partial charge in [0.25, 0.3) is 5.88 Å². The van der Waals surface area contributed by atoms with E-state index in [1.807, 2.05) is 0 Å². The Morgan fingerprint density at radius 3 is 2.91 bits per heavy atom. The summed E-state index contributed by atoms with van der Waals surface area (Å²) in [4.78, 5) is 14.0. The molecule has 1 heterocycles. The number of nitrogens with zero attached hydrogens (tertiary/aromatic N) is 3. The fourth-order valence-electron chi connectivity index (χ4n) is 0.540. The summed E-state index contributed by atoms with van der Waals surface area (Å²) >= 11 is 4.42. The van der Waals surface area contributed by atoms with Crippen LogP contribution in [0.1, 0.15) is 5.82 Å². The van der Waals surface area contributed by atoms with Gasteiger partial charge in [0.05, 0.1) is 0 Å². The molecule has 1 rings (SSSR count). The lowest BCUT2D eigenvalue weighted by Gasteiger charge is -1.98. The van der Waals surface area contributed by atoms with Gasteiger partial charge in [-0.2, -0.15) is 4.98 Å². The van der Waals surface area contributed by atoms with Gasteiger partial charge in [-0.3, -0.25) is 4.79 Å². The van der Waals surface area contributed by atoms with Gasteiger partial charge in [0.1, 0.15) is 5.37 Å². The van der Waals surface area contributed by atoms with E-state index in [2.05, 4.69) is 27.7 Å². The highest BCUT2D eigenvalue weighted by Crippen LogP contribution is 1.90. The number of hydrogen-bond donors (Lipinski definition) is 1. The van der Waals surface area contributed by atoms with Crippen molar-refractivity contribution in [3.8, 4) is 5.88 Å². The van der Waals surface area contributed by atoms with Crippen LogP contribution in [0.25, 0.3) is 0 Å². The summed E-state index contributed by atoms with van der Waals surface area (Å²) in [5.74, 6) is -0.510. The molecule has 0 fully saturated rings. The first kappa shape index (κ1) is 7.80. The van der Waals surface area contributed by atoms with Gasteiger partial charge in [-0.05, 0) is 0 Å². The molecule has 0 spiro atoms. The van der Waals surface area contributed by atoms with Gasteiger partial charge >= 0.3 is 5.56 Å².